The summed E-state index contributed by atoms with van der Waals surface area (Å²) in [5.41, 5.74) is 3.47. The molecule has 2 aromatic heterocycles. The maximum atomic E-state index is 14.7. The summed E-state index contributed by atoms with van der Waals surface area (Å²) in [5, 5.41) is 16.8. The smallest absolute Gasteiger partial charge is 0.274 e. The molecule has 0 unspecified atom stereocenters. The predicted octanol–water partition coefficient (Wildman–Crippen LogP) is 5.24. The van der Waals surface area contributed by atoms with Crippen molar-refractivity contribution in [2.45, 2.75) is 39.2 Å². The summed E-state index contributed by atoms with van der Waals surface area (Å²) in [4.78, 5) is 43.3. The highest BCUT2D eigenvalue weighted by atomic mass is 35.5. The molecule has 0 saturated carbocycles. The second-order valence-corrected chi connectivity index (χ2v) is 11.0. The molecule has 3 N–H and O–H groups in total. The van der Waals surface area contributed by atoms with Crippen molar-refractivity contribution in [1.29, 1.82) is 0 Å². The molecule has 0 radical (unpaired) electrons. The highest BCUT2D eigenvalue weighted by molar-refractivity contribution is 6.30. The summed E-state index contributed by atoms with van der Waals surface area (Å²) in [6, 6.07) is 12.9. The number of halogens is 2. The van der Waals surface area contributed by atoms with Crippen molar-refractivity contribution in [2.75, 3.05) is 24.4 Å². The summed E-state index contributed by atoms with van der Waals surface area (Å²) >= 11 is 5.94. The van der Waals surface area contributed by atoms with Gasteiger partial charge in [0.05, 0.1) is 28.1 Å². The lowest BCUT2D eigenvalue weighted by atomic mass is 9.94. The van der Waals surface area contributed by atoms with E-state index in [1.54, 1.807) is 37.4 Å². The number of pyridine rings is 1. The number of fused-ring (bicyclic) bond motifs is 4. The number of anilines is 2. The number of hydrogen-bond donors (Lipinski definition) is 3. The zero-order chi connectivity index (χ0) is 31.4. The van der Waals surface area contributed by atoms with Crippen molar-refractivity contribution in [3.8, 4) is 16.9 Å². The Kier molecular flexibility index (Phi) is 9.31. The van der Waals surface area contributed by atoms with Crippen LogP contribution in [0.3, 0.4) is 0 Å². The minimum absolute atomic E-state index is 0.0471. The molecule has 2 atom stereocenters. The molecule has 3 heterocycles. The average Bonchev–Trinajstić information content (AvgIpc) is 3.38. The highest BCUT2D eigenvalue weighted by Gasteiger charge is 2.25. The van der Waals surface area contributed by atoms with Crippen LogP contribution in [0, 0.1) is 18.7 Å². The highest BCUT2D eigenvalue weighted by Crippen LogP contribution is 2.33. The molecule has 3 amide bonds. The molecule has 0 spiro atoms. The fraction of sp³-hybridized carbons (Fsp3) is 0.290. The number of rotatable bonds is 6. The first-order valence-corrected chi connectivity index (χ1v) is 14.4. The van der Waals surface area contributed by atoms with E-state index in [0.29, 0.717) is 47.6 Å². The minimum atomic E-state index is -0.666. The molecular weight excluding hydrogens is 589 g/mol. The van der Waals surface area contributed by atoms with Gasteiger partial charge in [-0.2, -0.15) is 0 Å². The first kappa shape index (κ1) is 30.8. The van der Waals surface area contributed by atoms with Gasteiger partial charge in [0.25, 0.3) is 5.91 Å². The first-order chi connectivity index (χ1) is 21.2. The van der Waals surface area contributed by atoms with E-state index in [1.807, 2.05) is 19.1 Å². The van der Waals surface area contributed by atoms with E-state index in [-0.39, 0.29) is 40.7 Å². The molecule has 0 aliphatic carbocycles. The third-order valence-corrected chi connectivity index (χ3v) is 7.74. The summed E-state index contributed by atoms with van der Waals surface area (Å²) in [6.45, 7) is 3.36. The molecule has 13 heteroatoms. The van der Waals surface area contributed by atoms with Crippen LogP contribution < -0.4 is 16.0 Å². The first-order valence-electron chi connectivity index (χ1n) is 14.0. The van der Waals surface area contributed by atoms with Crippen molar-refractivity contribution in [3.63, 3.8) is 0 Å². The number of ether oxygens (including phenoxy) is 1. The molecule has 5 rings (SSSR count). The van der Waals surface area contributed by atoms with E-state index in [2.05, 4.69) is 31.2 Å². The van der Waals surface area contributed by atoms with Crippen LogP contribution in [0.15, 0.2) is 54.7 Å². The number of carbonyl (C=O) groups excluding carboxylic acids is 3. The van der Waals surface area contributed by atoms with Crippen molar-refractivity contribution >= 4 is 40.7 Å². The topological polar surface area (TPSA) is 140 Å². The Morgan fingerprint density at radius 1 is 1.18 bits per heavy atom. The Bertz CT molecular complexity index is 1730. The number of benzene rings is 2. The number of nitrogens with one attached hydrogen (secondary N) is 3. The summed E-state index contributed by atoms with van der Waals surface area (Å²) in [6.07, 6.45) is 3.39. The van der Waals surface area contributed by atoms with Crippen LogP contribution >= 0.6 is 11.6 Å². The lowest BCUT2D eigenvalue weighted by Gasteiger charge is -2.22. The van der Waals surface area contributed by atoms with E-state index >= 15 is 0 Å². The van der Waals surface area contributed by atoms with Crippen LogP contribution in [-0.4, -0.2) is 51.4 Å². The third kappa shape index (κ3) is 6.61. The van der Waals surface area contributed by atoms with Crippen LogP contribution in [0.2, 0.25) is 5.02 Å². The predicted molar refractivity (Wildman–Crippen MR) is 163 cm³/mol. The van der Waals surface area contributed by atoms with E-state index < -0.39 is 17.8 Å². The van der Waals surface area contributed by atoms with Gasteiger partial charge in [-0.3, -0.25) is 19.4 Å². The zero-order valence-electron chi connectivity index (χ0n) is 24.4. The molecule has 4 aromatic rings. The Morgan fingerprint density at radius 3 is 2.80 bits per heavy atom. The number of amides is 3. The molecular formula is C31H31ClFN7O4. The molecule has 1 aliphatic heterocycles. The number of hydrogen-bond acceptors (Lipinski definition) is 7. The monoisotopic (exact) mass is 619 g/mol. The van der Waals surface area contributed by atoms with Gasteiger partial charge in [0.2, 0.25) is 11.8 Å². The van der Waals surface area contributed by atoms with Gasteiger partial charge in [-0.15, -0.1) is 5.10 Å². The molecule has 0 fully saturated rings. The molecule has 2 bridgehead atoms. The Labute approximate surface area is 258 Å². The number of aromatic nitrogens is 4. The zero-order valence-corrected chi connectivity index (χ0v) is 25.1. The van der Waals surface area contributed by atoms with Gasteiger partial charge in [-0.1, -0.05) is 36.2 Å². The van der Waals surface area contributed by atoms with Gasteiger partial charge >= 0.3 is 0 Å². The van der Waals surface area contributed by atoms with Gasteiger partial charge in [0, 0.05) is 30.5 Å². The van der Waals surface area contributed by atoms with Gasteiger partial charge in [-0.05, 0) is 67.8 Å². The lowest BCUT2D eigenvalue weighted by Crippen LogP contribution is -2.30. The van der Waals surface area contributed by atoms with Gasteiger partial charge in [-0.25, -0.2) is 9.07 Å². The number of methoxy groups -OCH3 is 1. The van der Waals surface area contributed by atoms with E-state index in [1.165, 1.54) is 23.9 Å². The summed E-state index contributed by atoms with van der Waals surface area (Å²) in [7, 11) is 1.43. The van der Waals surface area contributed by atoms with Crippen molar-refractivity contribution in [1.82, 2.24) is 25.3 Å². The third-order valence-electron chi connectivity index (χ3n) is 7.45. The maximum absolute atomic E-state index is 14.7. The summed E-state index contributed by atoms with van der Waals surface area (Å²) in [5.74, 6) is -1.97. The standard InChI is InChI=1S/C31H31ClFN7O4/c1-17-6-4-8-23(36-31(43)29-18(2)40(39-38-29)26-9-5-7-22(32)28(26)33)19-12-13-34-24(14-19)21-11-10-20(35-27(41)16-44-3)15-25(21)37-30(17)42/h5,7,9-15,17,23H,4,6,8,16H2,1-3H3,(H,35,41)(H,36,43)(H,37,42)/t17-,23+/m1/s1. The Balaban J connectivity index is 1.47. The van der Waals surface area contributed by atoms with E-state index in [0.717, 1.165) is 5.56 Å². The van der Waals surface area contributed by atoms with Crippen LogP contribution in [0.4, 0.5) is 15.8 Å². The second-order valence-electron chi connectivity index (χ2n) is 10.6. The molecule has 44 heavy (non-hydrogen) atoms. The van der Waals surface area contributed by atoms with E-state index in [4.69, 9.17) is 16.3 Å². The SMILES string of the molecule is COCC(=O)Nc1ccc2c(c1)NC(=O)[C@H](C)CCC[C@H](NC(=O)c1nnn(-c3cccc(Cl)c3F)c1C)c1ccnc-2c1. The fourth-order valence-corrected chi connectivity index (χ4v) is 5.25. The molecule has 1 aliphatic rings. The van der Waals surface area contributed by atoms with Crippen molar-refractivity contribution in [2.24, 2.45) is 5.92 Å². The second kappa shape index (κ2) is 13.3. The van der Waals surface area contributed by atoms with E-state index in [9.17, 15) is 18.8 Å². The van der Waals surface area contributed by atoms with Crippen molar-refractivity contribution in [3.05, 3.63) is 82.5 Å². The van der Waals surface area contributed by atoms with Gasteiger partial charge < -0.3 is 20.7 Å². The maximum Gasteiger partial charge on any atom is 0.274 e. The van der Waals surface area contributed by atoms with Crippen LogP contribution in [0.5, 0.6) is 0 Å². The van der Waals surface area contributed by atoms with Gasteiger partial charge in [0.15, 0.2) is 11.5 Å². The van der Waals surface area contributed by atoms with Crippen LogP contribution in [0.1, 0.15) is 54.0 Å². The average molecular weight is 620 g/mol. The molecule has 228 valence electrons. The molecule has 0 saturated heterocycles. The quantitative estimate of drug-likeness (QED) is 0.268. The number of carbonyl (C=O) groups is 3. The van der Waals surface area contributed by atoms with Gasteiger partial charge in [0.1, 0.15) is 12.3 Å². The van der Waals surface area contributed by atoms with Crippen molar-refractivity contribution < 1.29 is 23.5 Å². The molecule has 2 aromatic carbocycles. The van der Waals surface area contributed by atoms with Crippen LogP contribution in [0.25, 0.3) is 16.9 Å². The lowest BCUT2D eigenvalue weighted by molar-refractivity contribution is -0.120. The Morgan fingerprint density at radius 2 is 2.00 bits per heavy atom. The number of nitrogens with zero attached hydrogens (tertiary/aromatic N) is 4. The minimum Gasteiger partial charge on any atom is -0.375 e. The fourth-order valence-electron chi connectivity index (χ4n) is 5.08. The summed E-state index contributed by atoms with van der Waals surface area (Å²) < 4.78 is 20.8. The molecule has 11 nitrogen and oxygen atoms in total. The van der Waals surface area contributed by atoms with Crippen LogP contribution in [-0.2, 0) is 14.3 Å². The normalized spacial score (nSPS) is 16.6. The Hall–Kier alpha value is -4.68. The largest absolute Gasteiger partial charge is 0.375 e.